The number of rotatable bonds is 1. The third-order valence-electron chi connectivity index (χ3n) is 1.94. The van der Waals surface area contributed by atoms with Crippen LogP contribution in [-0.2, 0) is 0 Å². The molecule has 1 aromatic carbocycles. The molecule has 0 saturated carbocycles. The zero-order valence-electron chi connectivity index (χ0n) is 8.27. The average Bonchev–Trinajstić information content (AvgIpc) is 2.30. The minimum absolute atomic E-state index is 0.276. The summed E-state index contributed by atoms with van der Waals surface area (Å²) in [4.78, 5) is 4.30. The van der Waals surface area contributed by atoms with Crippen LogP contribution in [0.5, 0.6) is 0 Å². The molecule has 13 heavy (non-hydrogen) atoms. The molecular formula is C12H11N. The Morgan fingerprint density at radius 3 is 2.69 bits per heavy atom. The van der Waals surface area contributed by atoms with E-state index >= 15 is 0 Å². The minimum Gasteiger partial charge on any atom is -0.256 e. The molecule has 0 bridgehead atoms. The van der Waals surface area contributed by atoms with Crippen molar-refractivity contribution in [3.63, 3.8) is 0 Å². The van der Waals surface area contributed by atoms with E-state index in [1.807, 2.05) is 42.5 Å². The molecule has 2 rings (SSSR count). The van der Waals surface area contributed by atoms with Gasteiger partial charge in [0.15, 0.2) is 0 Å². The highest BCUT2D eigenvalue weighted by Crippen LogP contribution is 2.19. The van der Waals surface area contributed by atoms with Gasteiger partial charge in [0.1, 0.15) is 0 Å². The van der Waals surface area contributed by atoms with E-state index in [4.69, 9.17) is 1.37 Å². The standard InChI is InChI=1S/C12H11N/c1-10-6-5-9-13-12(10)11-7-3-2-4-8-11/h2-9H,1H3/i1D. The molecule has 0 radical (unpaired) electrons. The molecule has 0 atom stereocenters. The molecule has 1 heterocycles. The fourth-order valence-electron chi connectivity index (χ4n) is 1.29. The number of aryl methyl sites for hydroxylation is 1. The van der Waals surface area contributed by atoms with Crippen LogP contribution < -0.4 is 0 Å². The Morgan fingerprint density at radius 1 is 1.08 bits per heavy atom. The Morgan fingerprint density at radius 2 is 1.92 bits per heavy atom. The van der Waals surface area contributed by atoms with Crippen molar-refractivity contribution in [1.82, 2.24) is 4.98 Å². The summed E-state index contributed by atoms with van der Waals surface area (Å²) in [5.41, 5.74) is 2.97. The van der Waals surface area contributed by atoms with Crippen molar-refractivity contribution in [2.24, 2.45) is 0 Å². The zero-order valence-corrected chi connectivity index (χ0v) is 7.27. The summed E-state index contributed by atoms with van der Waals surface area (Å²) in [7, 11) is 0. The Bertz CT molecular complexity index is 412. The van der Waals surface area contributed by atoms with Gasteiger partial charge in [-0.2, -0.15) is 0 Å². The van der Waals surface area contributed by atoms with Gasteiger partial charge in [-0.25, -0.2) is 0 Å². The molecule has 1 nitrogen and oxygen atoms in total. The number of benzene rings is 1. The largest absolute Gasteiger partial charge is 0.256 e. The maximum atomic E-state index is 7.39. The fourth-order valence-corrected chi connectivity index (χ4v) is 1.29. The third kappa shape index (κ3) is 1.59. The second-order valence-electron chi connectivity index (χ2n) is 2.88. The Hall–Kier alpha value is -1.63. The van der Waals surface area contributed by atoms with Crippen LogP contribution in [0.3, 0.4) is 0 Å². The highest BCUT2D eigenvalue weighted by molar-refractivity contribution is 5.62. The van der Waals surface area contributed by atoms with Crippen molar-refractivity contribution in [2.75, 3.05) is 0 Å². The molecule has 1 aromatic heterocycles. The van der Waals surface area contributed by atoms with E-state index in [-0.39, 0.29) is 6.90 Å². The topological polar surface area (TPSA) is 12.9 Å². The molecule has 64 valence electrons. The molecule has 0 N–H and O–H groups in total. The molecule has 0 aliphatic carbocycles. The van der Waals surface area contributed by atoms with Gasteiger partial charge >= 0.3 is 0 Å². The van der Waals surface area contributed by atoms with Gasteiger partial charge in [0.05, 0.1) is 5.69 Å². The Kier molecular flexibility index (Phi) is 1.79. The summed E-state index contributed by atoms with van der Waals surface area (Å²) in [5.74, 6) is 0. The van der Waals surface area contributed by atoms with E-state index in [2.05, 4.69) is 4.98 Å². The lowest BCUT2D eigenvalue weighted by atomic mass is 10.1. The minimum atomic E-state index is 0.276. The van der Waals surface area contributed by atoms with Crippen LogP contribution >= 0.6 is 0 Å². The van der Waals surface area contributed by atoms with E-state index < -0.39 is 0 Å². The van der Waals surface area contributed by atoms with Crippen LogP contribution in [0, 0.1) is 6.90 Å². The molecule has 0 unspecified atom stereocenters. The van der Waals surface area contributed by atoms with Gasteiger partial charge in [-0.3, -0.25) is 4.98 Å². The average molecular weight is 170 g/mol. The molecule has 0 aliphatic rings. The number of aromatic nitrogens is 1. The normalized spacial score (nSPS) is 10.9. The van der Waals surface area contributed by atoms with E-state index in [9.17, 15) is 0 Å². The van der Waals surface area contributed by atoms with Crippen LogP contribution in [-0.4, -0.2) is 4.98 Å². The van der Waals surface area contributed by atoms with E-state index in [1.165, 1.54) is 0 Å². The Balaban J connectivity index is 2.51. The monoisotopic (exact) mass is 170 g/mol. The lowest BCUT2D eigenvalue weighted by molar-refractivity contribution is 1.27. The molecule has 0 amide bonds. The van der Waals surface area contributed by atoms with Gasteiger partial charge in [0, 0.05) is 13.1 Å². The Labute approximate surface area is 79.5 Å². The smallest absolute Gasteiger partial charge is 0.0731 e. The van der Waals surface area contributed by atoms with Crippen LogP contribution in [0.1, 0.15) is 6.93 Å². The van der Waals surface area contributed by atoms with Gasteiger partial charge < -0.3 is 0 Å². The third-order valence-corrected chi connectivity index (χ3v) is 1.94. The number of hydrogen-bond donors (Lipinski definition) is 0. The van der Waals surface area contributed by atoms with Gasteiger partial charge in [-0.1, -0.05) is 36.4 Å². The second kappa shape index (κ2) is 3.40. The number of pyridine rings is 1. The predicted molar refractivity (Wildman–Crippen MR) is 54.4 cm³/mol. The maximum Gasteiger partial charge on any atom is 0.0731 e. The first-order valence-corrected chi connectivity index (χ1v) is 4.20. The first-order valence-electron chi connectivity index (χ1n) is 4.91. The zero-order chi connectivity index (χ0) is 9.80. The van der Waals surface area contributed by atoms with Gasteiger partial charge in [0.25, 0.3) is 0 Å². The van der Waals surface area contributed by atoms with Crippen molar-refractivity contribution in [1.29, 1.82) is 0 Å². The molecular weight excluding hydrogens is 158 g/mol. The fraction of sp³-hybridized carbons (Fsp3) is 0.0833. The number of hydrogen-bond acceptors (Lipinski definition) is 1. The summed E-state index contributed by atoms with van der Waals surface area (Å²) in [6.07, 6.45) is 1.77. The lowest BCUT2D eigenvalue weighted by Gasteiger charge is -2.02. The van der Waals surface area contributed by atoms with Crippen molar-refractivity contribution in [3.8, 4) is 11.3 Å². The van der Waals surface area contributed by atoms with Gasteiger partial charge in [0.2, 0.25) is 0 Å². The van der Waals surface area contributed by atoms with E-state index in [0.717, 1.165) is 16.8 Å². The lowest BCUT2D eigenvalue weighted by Crippen LogP contribution is -1.85. The molecule has 1 heteroatoms. The molecule has 0 aliphatic heterocycles. The SMILES string of the molecule is [2H]Cc1cccnc1-c1ccccc1. The summed E-state index contributed by atoms with van der Waals surface area (Å²) in [6, 6.07) is 13.8. The summed E-state index contributed by atoms with van der Waals surface area (Å²) in [6.45, 7) is 0.276. The summed E-state index contributed by atoms with van der Waals surface area (Å²) < 4.78 is 7.39. The molecule has 0 fully saturated rings. The van der Waals surface area contributed by atoms with Crippen LogP contribution in [0.15, 0.2) is 48.7 Å². The van der Waals surface area contributed by atoms with Crippen LogP contribution in [0.4, 0.5) is 0 Å². The molecule has 0 spiro atoms. The van der Waals surface area contributed by atoms with Crippen molar-refractivity contribution >= 4 is 0 Å². The first-order chi connectivity index (χ1) is 6.92. The van der Waals surface area contributed by atoms with Crippen molar-refractivity contribution in [2.45, 2.75) is 6.90 Å². The van der Waals surface area contributed by atoms with Crippen molar-refractivity contribution < 1.29 is 1.37 Å². The highest BCUT2D eigenvalue weighted by Gasteiger charge is 1.99. The second-order valence-corrected chi connectivity index (χ2v) is 2.88. The summed E-state index contributed by atoms with van der Waals surface area (Å²) in [5, 5.41) is 0. The predicted octanol–water partition coefficient (Wildman–Crippen LogP) is 3.06. The highest BCUT2D eigenvalue weighted by atomic mass is 14.7. The van der Waals surface area contributed by atoms with Crippen LogP contribution in [0.25, 0.3) is 11.3 Å². The maximum absolute atomic E-state index is 7.39. The molecule has 0 saturated heterocycles. The van der Waals surface area contributed by atoms with E-state index in [0.29, 0.717) is 0 Å². The number of nitrogens with zero attached hydrogens (tertiary/aromatic N) is 1. The molecule has 2 aromatic rings. The van der Waals surface area contributed by atoms with Crippen molar-refractivity contribution in [3.05, 3.63) is 54.2 Å². The van der Waals surface area contributed by atoms with Crippen LogP contribution in [0.2, 0.25) is 0 Å². The van der Waals surface area contributed by atoms with Gasteiger partial charge in [-0.15, -0.1) is 0 Å². The van der Waals surface area contributed by atoms with E-state index in [1.54, 1.807) is 6.20 Å². The first kappa shape index (κ1) is 6.84. The van der Waals surface area contributed by atoms with Gasteiger partial charge in [-0.05, 0) is 18.5 Å². The quantitative estimate of drug-likeness (QED) is 0.641. The summed E-state index contributed by atoms with van der Waals surface area (Å²) >= 11 is 0.